The first-order valence-corrected chi connectivity index (χ1v) is 9.80. The zero-order chi connectivity index (χ0) is 20.2. The molecule has 1 aliphatic heterocycles. The second-order valence-corrected chi connectivity index (χ2v) is 7.04. The molecule has 4 rings (SSSR count). The van der Waals surface area contributed by atoms with Gasteiger partial charge in [-0.05, 0) is 31.9 Å². The highest BCUT2D eigenvalue weighted by atomic mass is 16.5. The number of benzene rings is 1. The number of nitrogens with zero attached hydrogens (tertiary/aromatic N) is 4. The molecule has 3 aromatic rings. The third-order valence-corrected chi connectivity index (χ3v) is 5.10. The van der Waals surface area contributed by atoms with Crippen LogP contribution >= 0.6 is 0 Å². The van der Waals surface area contributed by atoms with E-state index in [2.05, 4.69) is 10.5 Å². The smallest absolute Gasteiger partial charge is 0.276 e. The summed E-state index contributed by atoms with van der Waals surface area (Å²) in [6.07, 6.45) is 4.86. The molecule has 29 heavy (non-hydrogen) atoms. The normalized spacial score (nSPS) is 16.6. The third-order valence-electron chi connectivity index (χ3n) is 5.10. The number of rotatable bonds is 5. The van der Waals surface area contributed by atoms with Crippen LogP contribution in [0.25, 0.3) is 5.69 Å². The molecule has 1 atom stereocenters. The Morgan fingerprint density at radius 1 is 1.24 bits per heavy atom. The number of nitrogens with one attached hydrogen (secondary N) is 1. The highest BCUT2D eigenvalue weighted by Crippen LogP contribution is 2.30. The number of piperidine rings is 1. The number of likely N-dealkylation sites (tertiary alicyclic amines) is 1. The van der Waals surface area contributed by atoms with Gasteiger partial charge in [-0.25, -0.2) is 4.68 Å². The van der Waals surface area contributed by atoms with Gasteiger partial charge in [0.25, 0.3) is 11.8 Å². The maximum absolute atomic E-state index is 12.7. The van der Waals surface area contributed by atoms with Crippen LogP contribution in [-0.4, -0.2) is 51.3 Å². The van der Waals surface area contributed by atoms with Crippen molar-refractivity contribution >= 4 is 11.8 Å². The van der Waals surface area contributed by atoms with Gasteiger partial charge in [0, 0.05) is 37.8 Å². The third kappa shape index (κ3) is 3.91. The van der Waals surface area contributed by atoms with Gasteiger partial charge in [-0.2, -0.15) is 5.10 Å². The second kappa shape index (κ2) is 8.30. The minimum Gasteiger partial charge on any atom is -0.364 e. The lowest BCUT2D eigenvalue weighted by Crippen LogP contribution is -2.40. The van der Waals surface area contributed by atoms with Crippen molar-refractivity contribution in [2.75, 3.05) is 19.6 Å². The monoisotopic (exact) mass is 393 g/mol. The SMILES string of the molecule is CCNC(=O)c1cn(-c2ccccc2)nc1C1CCCN(C(=O)c2ccon2)C1. The van der Waals surface area contributed by atoms with Crippen molar-refractivity contribution in [2.24, 2.45) is 0 Å². The Morgan fingerprint density at radius 3 is 2.79 bits per heavy atom. The number of para-hydroxylation sites is 1. The largest absolute Gasteiger partial charge is 0.364 e. The van der Waals surface area contributed by atoms with Gasteiger partial charge in [0.15, 0.2) is 5.69 Å². The standard InChI is InChI=1S/C21H23N5O3/c1-2-22-20(27)17-14-26(16-8-4-3-5-9-16)23-19(17)15-7-6-11-25(13-15)21(28)18-10-12-29-24-18/h3-5,8-10,12,14-15H,2,6-7,11,13H2,1H3,(H,22,27). The highest BCUT2D eigenvalue weighted by molar-refractivity contribution is 5.95. The number of aromatic nitrogens is 3. The van der Waals surface area contributed by atoms with E-state index in [1.807, 2.05) is 37.3 Å². The summed E-state index contributed by atoms with van der Waals surface area (Å²) in [5, 5.41) is 11.4. The van der Waals surface area contributed by atoms with Crippen LogP contribution in [0.15, 0.2) is 53.4 Å². The van der Waals surface area contributed by atoms with Crippen molar-refractivity contribution in [1.29, 1.82) is 0 Å². The second-order valence-electron chi connectivity index (χ2n) is 7.04. The number of carbonyl (C=O) groups is 2. The van der Waals surface area contributed by atoms with Crippen LogP contribution in [0.5, 0.6) is 0 Å². The molecule has 0 spiro atoms. The maximum Gasteiger partial charge on any atom is 0.276 e. The Bertz CT molecular complexity index is 981. The molecular formula is C21H23N5O3. The number of hydrogen-bond acceptors (Lipinski definition) is 5. The number of amides is 2. The molecule has 1 fully saturated rings. The predicted octanol–water partition coefficient (Wildman–Crippen LogP) is 2.63. The van der Waals surface area contributed by atoms with Crippen LogP contribution in [0.1, 0.15) is 52.2 Å². The highest BCUT2D eigenvalue weighted by Gasteiger charge is 2.31. The average Bonchev–Trinajstić information content (AvgIpc) is 3.44. The summed E-state index contributed by atoms with van der Waals surface area (Å²) in [4.78, 5) is 27.1. The fourth-order valence-corrected chi connectivity index (χ4v) is 3.70. The topological polar surface area (TPSA) is 93.3 Å². The summed E-state index contributed by atoms with van der Waals surface area (Å²) < 4.78 is 6.54. The van der Waals surface area contributed by atoms with Crippen LogP contribution in [0.4, 0.5) is 0 Å². The molecule has 8 nitrogen and oxygen atoms in total. The van der Waals surface area contributed by atoms with Gasteiger partial charge in [0.05, 0.1) is 16.9 Å². The Morgan fingerprint density at radius 2 is 2.07 bits per heavy atom. The fourth-order valence-electron chi connectivity index (χ4n) is 3.70. The first-order valence-electron chi connectivity index (χ1n) is 9.80. The molecule has 1 saturated heterocycles. The first kappa shape index (κ1) is 18.9. The molecule has 2 amide bonds. The van der Waals surface area contributed by atoms with Crippen molar-refractivity contribution in [3.63, 3.8) is 0 Å². The van der Waals surface area contributed by atoms with Gasteiger partial charge in [0.2, 0.25) is 0 Å². The fraction of sp³-hybridized carbons (Fsp3) is 0.333. The van der Waals surface area contributed by atoms with Crippen molar-refractivity contribution in [2.45, 2.75) is 25.7 Å². The minimum absolute atomic E-state index is 0.0258. The van der Waals surface area contributed by atoms with Crippen LogP contribution in [-0.2, 0) is 0 Å². The van der Waals surface area contributed by atoms with Gasteiger partial charge >= 0.3 is 0 Å². The zero-order valence-corrected chi connectivity index (χ0v) is 16.2. The van der Waals surface area contributed by atoms with Gasteiger partial charge in [-0.1, -0.05) is 23.4 Å². The minimum atomic E-state index is -0.162. The van der Waals surface area contributed by atoms with E-state index in [0.29, 0.717) is 30.9 Å². The zero-order valence-electron chi connectivity index (χ0n) is 16.2. The van der Waals surface area contributed by atoms with Crippen LogP contribution in [0, 0.1) is 0 Å². The molecule has 1 aromatic carbocycles. The summed E-state index contributed by atoms with van der Waals surface area (Å²) in [7, 11) is 0. The van der Waals surface area contributed by atoms with E-state index in [9.17, 15) is 9.59 Å². The molecular weight excluding hydrogens is 370 g/mol. The summed E-state index contributed by atoms with van der Waals surface area (Å²) in [6, 6.07) is 11.3. The van der Waals surface area contributed by atoms with E-state index in [1.165, 1.54) is 6.26 Å². The lowest BCUT2D eigenvalue weighted by Gasteiger charge is -2.31. The summed E-state index contributed by atoms with van der Waals surface area (Å²) in [5.74, 6) is -0.336. The molecule has 1 aliphatic rings. The van der Waals surface area contributed by atoms with Crippen LogP contribution in [0.2, 0.25) is 0 Å². The van der Waals surface area contributed by atoms with Crippen molar-refractivity contribution < 1.29 is 14.1 Å². The maximum atomic E-state index is 12.7. The Kier molecular flexibility index (Phi) is 5.41. The van der Waals surface area contributed by atoms with E-state index in [1.54, 1.807) is 21.8 Å². The Hall–Kier alpha value is -3.42. The summed E-state index contributed by atoms with van der Waals surface area (Å²) in [6.45, 7) is 3.57. The van der Waals surface area contributed by atoms with E-state index in [0.717, 1.165) is 24.2 Å². The van der Waals surface area contributed by atoms with Crippen LogP contribution in [0.3, 0.4) is 0 Å². The summed E-state index contributed by atoms with van der Waals surface area (Å²) >= 11 is 0. The quantitative estimate of drug-likeness (QED) is 0.719. The lowest BCUT2D eigenvalue weighted by molar-refractivity contribution is 0.0695. The van der Waals surface area contributed by atoms with E-state index < -0.39 is 0 Å². The average molecular weight is 393 g/mol. The number of carbonyl (C=O) groups excluding carboxylic acids is 2. The first-order chi connectivity index (χ1) is 14.2. The van der Waals surface area contributed by atoms with Crippen LogP contribution < -0.4 is 5.32 Å². The molecule has 150 valence electrons. The van der Waals surface area contributed by atoms with E-state index in [4.69, 9.17) is 9.62 Å². The van der Waals surface area contributed by atoms with Crippen molar-refractivity contribution in [3.8, 4) is 5.69 Å². The molecule has 0 saturated carbocycles. The van der Waals surface area contributed by atoms with Gasteiger partial charge in [-0.15, -0.1) is 0 Å². The van der Waals surface area contributed by atoms with Gasteiger partial charge < -0.3 is 14.7 Å². The van der Waals surface area contributed by atoms with E-state index >= 15 is 0 Å². The molecule has 1 unspecified atom stereocenters. The lowest BCUT2D eigenvalue weighted by atomic mass is 9.92. The molecule has 2 aromatic heterocycles. The molecule has 0 bridgehead atoms. The molecule has 0 radical (unpaired) electrons. The molecule has 0 aliphatic carbocycles. The van der Waals surface area contributed by atoms with Crippen molar-refractivity contribution in [3.05, 3.63) is 65.8 Å². The van der Waals surface area contributed by atoms with E-state index in [-0.39, 0.29) is 17.7 Å². The number of hydrogen-bond donors (Lipinski definition) is 1. The van der Waals surface area contributed by atoms with Gasteiger partial charge in [-0.3, -0.25) is 9.59 Å². The summed E-state index contributed by atoms with van der Waals surface area (Å²) in [5.41, 5.74) is 2.45. The molecule has 1 N–H and O–H groups in total. The Balaban J connectivity index is 1.64. The predicted molar refractivity (Wildman–Crippen MR) is 106 cm³/mol. The Labute approximate surface area is 168 Å². The van der Waals surface area contributed by atoms with Gasteiger partial charge in [0.1, 0.15) is 6.26 Å². The molecule has 3 heterocycles. The van der Waals surface area contributed by atoms with Crippen molar-refractivity contribution in [1.82, 2.24) is 25.2 Å². The molecule has 8 heteroatoms.